The summed E-state index contributed by atoms with van der Waals surface area (Å²) in [5.74, 6) is 0.418. The van der Waals surface area contributed by atoms with Gasteiger partial charge in [0.1, 0.15) is 4.90 Å². The molecule has 6 nitrogen and oxygen atoms in total. The van der Waals surface area contributed by atoms with Crippen molar-refractivity contribution < 1.29 is 8.42 Å². The lowest BCUT2D eigenvalue weighted by Crippen LogP contribution is -2.23. The van der Waals surface area contributed by atoms with Gasteiger partial charge in [-0.1, -0.05) is 0 Å². The fourth-order valence-electron chi connectivity index (χ4n) is 1.69. The SMILES string of the molecule is CCNc1ncc(S(=O)(=O)NCc2cc(C)c(C)s2)cn1. The van der Waals surface area contributed by atoms with Gasteiger partial charge < -0.3 is 5.32 Å². The lowest BCUT2D eigenvalue weighted by atomic mass is 10.3. The number of sulfonamides is 1. The fraction of sp³-hybridized carbons (Fsp3) is 0.385. The van der Waals surface area contributed by atoms with Crippen molar-refractivity contribution in [3.63, 3.8) is 0 Å². The van der Waals surface area contributed by atoms with Gasteiger partial charge in [-0.2, -0.15) is 0 Å². The van der Waals surface area contributed by atoms with Crippen molar-refractivity contribution in [2.45, 2.75) is 32.2 Å². The van der Waals surface area contributed by atoms with Crippen molar-refractivity contribution in [3.8, 4) is 0 Å². The summed E-state index contributed by atoms with van der Waals surface area (Å²) in [5.41, 5.74) is 1.17. The third-order valence-corrected chi connectivity index (χ3v) is 5.44. The van der Waals surface area contributed by atoms with E-state index in [-0.39, 0.29) is 11.4 Å². The Morgan fingerprint density at radius 2 is 1.90 bits per heavy atom. The second kappa shape index (κ2) is 6.50. The Bertz CT molecular complexity index is 689. The molecular weight excluding hydrogens is 308 g/mol. The lowest BCUT2D eigenvalue weighted by Gasteiger charge is -2.06. The molecule has 0 saturated carbocycles. The minimum atomic E-state index is -3.59. The summed E-state index contributed by atoms with van der Waals surface area (Å²) in [4.78, 5) is 10.2. The highest BCUT2D eigenvalue weighted by Gasteiger charge is 2.15. The van der Waals surface area contributed by atoms with E-state index in [0.717, 1.165) is 4.88 Å². The van der Waals surface area contributed by atoms with Gasteiger partial charge in [-0.15, -0.1) is 11.3 Å². The highest BCUT2D eigenvalue weighted by molar-refractivity contribution is 7.89. The first kappa shape index (κ1) is 15.9. The Kier molecular flexibility index (Phi) is 4.92. The van der Waals surface area contributed by atoms with E-state index in [1.54, 1.807) is 11.3 Å². The standard InChI is InChI=1S/C13H18N4O2S2/c1-4-14-13-15-7-12(8-16-13)21(18,19)17-6-11-5-9(2)10(3)20-11/h5,7-8,17H,4,6H2,1-3H3,(H,14,15,16). The van der Waals surface area contributed by atoms with Crippen LogP contribution in [0.15, 0.2) is 23.4 Å². The van der Waals surface area contributed by atoms with E-state index in [0.29, 0.717) is 12.5 Å². The predicted molar refractivity (Wildman–Crippen MR) is 84.0 cm³/mol. The van der Waals surface area contributed by atoms with Crippen LogP contribution < -0.4 is 10.0 Å². The van der Waals surface area contributed by atoms with Crippen LogP contribution in [0.5, 0.6) is 0 Å². The molecule has 0 spiro atoms. The molecule has 0 aromatic carbocycles. The molecule has 2 N–H and O–H groups in total. The molecule has 0 unspecified atom stereocenters. The minimum absolute atomic E-state index is 0.0640. The van der Waals surface area contributed by atoms with Crippen molar-refractivity contribution in [1.29, 1.82) is 0 Å². The summed E-state index contributed by atoms with van der Waals surface area (Å²) in [6.07, 6.45) is 2.61. The molecule has 114 valence electrons. The highest BCUT2D eigenvalue weighted by Crippen LogP contribution is 2.20. The summed E-state index contributed by atoms with van der Waals surface area (Å²) in [5, 5.41) is 2.92. The molecule has 2 aromatic rings. The van der Waals surface area contributed by atoms with E-state index in [1.807, 2.05) is 26.8 Å². The zero-order valence-corrected chi connectivity index (χ0v) is 13.8. The number of anilines is 1. The number of rotatable bonds is 6. The van der Waals surface area contributed by atoms with Crippen LogP contribution in [0, 0.1) is 13.8 Å². The van der Waals surface area contributed by atoms with Gasteiger partial charge in [-0.3, -0.25) is 0 Å². The number of nitrogens with zero attached hydrogens (tertiary/aromatic N) is 2. The first-order chi connectivity index (χ1) is 9.92. The van der Waals surface area contributed by atoms with Gasteiger partial charge in [0.2, 0.25) is 16.0 Å². The Balaban J connectivity index is 2.07. The number of nitrogens with one attached hydrogen (secondary N) is 2. The van der Waals surface area contributed by atoms with E-state index in [1.165, 1.54) is 22.8 Å². The molecule has 21 heavy (non-hydrogen) atoms. The Morgan fingerprint density at radius 3 is 2.43 bits per heavy atom. The van der Waals surface area contributed by atoms with E-state index < -0.39 is 10.0 Å². The van der Waals surface area contributed by atoms with Crippen LogP contribution >= 0.6 is 11.3 Å². The van der Waals surface area contributed by atoms with Crippen LogP contribution in [0.1, 0.15) is 22.2 Å². The van der Waals surface area contributed by atoms with Crippen molar-refractivity contribution in [2.24, 2.45) is 0 Å². The van der Waals surface area contributed by atoms with Crippen LogP contribution in [-0.4, -0.2) is 24.9 Å². The molecule has 0 aliphatic heterocycles. The average molecular weight is 326 g/mol. The number of aryl methyl sites for hydroxylation is 2. The molecule has 0 aliphatic rings. The first-order valence-electron chi connectivity index (χ1n) is 6.54. The second-order valence-electron chi connectivity index (χ2n) is 4.55. The summed E-state index contributed by atoms with van der Waals surface area (Å²) < 4.78 is 26.9. The first-order valence-corrected chi connectivity index (χ1v) is 8.84. The predicted octanol–water partition coefficient (Wildman–Crippen LogP) is 2.07. The third kappa shape index (κ3) is 3.99. The molecular formula is C13H18N4O2S2. The zero-order valence-electron chi connectivity index (χ0n) is 12.2. The molecule has 0 atom stereocenters. The second-order valence-corrected chi connectivity index (χ2v) is 7.66. The van der Waals surface area contributed by atoms with Gasteiger partial charge in [-0.25, -0.2) is 23.1 Å². The maximum Gasteiger partial charge on any atom is 0.243 e. The zero-order chi connectivity index (χ0) is 15.5. The Morgan fingerprint density at radius 1 is 1.24 bits per heavy atom. The summed E-state index contributed by atoms with van der Waals surface area (Å²) in [7, 11) is -3.59. The molecule has 2 rings (SSSR count). The monoisotopic (exact) mass is 326 g/mol. The topological polar surface area (TPSA) is 84.0 Å². The summed E-state index contributed by atoms with van der Waals surface area (Å²) >= 11 is 1.59. The van der Waals surface area contributed by atoms with Crippen molar-refractivity contribution in [3.05, 3.63) is 33.8 Å². The summed E-state index contributed by atoms with van der Waals surface area (Å²) in [6, 6.07) is 1.99. The van der Waals surface area contributed by atoms with Gasteiger partial charge in [0.15, 0.2) is 0 Å². The number of aromatic nitrogens is 2. The molecule has 0 fully saturated rings. The van der Waals surface area contributed by atoms with Crippen LogP contribution in [0.4, 0.5) is 5.95 Å². The lowest BCUT2D eigenvalue weighted by molar-refractivity contribution is 0.581. The molecule has 0 amide bonds. The minimum Gasteiger partial charge on any atom is -0.355 e. The number of thiophene rings is 1. The van der Waals surface area contributed by atoms with Crippen molar-refractivity contribution in [2.75, 3.05) is 11.9 Å². The normalized spacial score (nSPS) is 11.6. The summed E-state index contributed by atoms with van der Waals surface area (Å²) in [6.45, 7) is 6.90. The van der Waals surface area contributed by atoms with Gasteiger partial charge in [0.05, 0.1) is 12.4 Å². The molecule has 2 heterocycles. The van der Waals surface area contributed by atoms with Gasteiger partial charge in [0.25, 0.3) is 0 Å². The maximum absolute atomic E-state index is 12.2. The van der Waals surface area contributed by atoms with E-state index >= 15 is 0 Å². The van der Waals surface area contributed by atoms with Crippen molar-refractivity contribution in [1.82, 2.24) is 14.7 Å². The maximum atomic E-state index is 12.2. The van der Waals surface area contributed by atoms with Gasteiger partial charge in [0, 0.05) is 22.8 Å². The molecule has 2 aromatic heterocycles. The molecule has 0 bridgehead atoms. The molecule has 0 radical (unpaired) electrons. The van der Waals surface area contributed by atoms with E-state index in [4.69, 9.17) is 0 Å². The smallest absolute Gasteiger partial charge is 0.243 e. The van der Waals surface area contributed by atoms with Crippen LogP contribution in [-0.2, 0) is 16.6 Å². The number of hydrogen-bond donors (Lipinski definition) is 2. The Hall–Kier alpha value is -1.51. The van der Waals surface area contributed by atoms with Crippen LogP contribution in [0.25, 0.3) is 0 Å². The molecule has 8 heteroatoms. The quantitative estimate of drug-likeness (QED) is 0.849. The van der Waals surface area contributed by atoms with Crippen LogP contribution in [0.2, 0.25) is 0 Å². The van der Waals surface area contributed by atoms with Gasteiger partial charge in [-0.05, 0) is 32.4 Å². The Labute approximate surface area is 128 Å². The average Bonchev–Trinajstić information content (AvgIpc) is 2.77. The molecule has 0 aliphatic carbocycles. The highest BCUT2D eigenvalue weighted by atomic mass is 32.2. The van der Waals surface area contributed by atoms with Gasteiger partial charge >= 0.3 is 0 Å². The third-order valence-electron chi connectivity index (χ3n) is 2.93. The van der Waals surface area contributed by atoms with Crippen LogP contribution in [0.3, 0.4) is 0 Å². The van der Waals surface area contributed by atoms with Crippen molar-refractivity contribution >= 4 is 27.3 Å². The number of hydrogen-bond acceptors (Lipinski definition) is 6. The van der Waals surface area contributed by atoms with E-state index in [9.17, 15) is 8.42 Å². The van der Waals surface area contributed by atoms with E-state index in [2.05, 4.69) is 20.0 Å². The largest absolute Gasteiger partial charge is 0.355 e. The fourth-order valence-corrected chi connectivity index (χ4v) is 3.67. The molecule has 0 saturated heterocycles.